The predicted octanol–water partition coefficient (Wildman–Crippen LogP) is 1.88. The van der Waals surface area contributed by atoms with E-state index in [0.717, 1.165) is 17.5 Å². The molecule has 1 aliphatic rings. The lowest BCUT2D eigenvalue weighted by atomic mass is 9.99. The highest BCUT2D eigenvalue weighted by Crippen LogP contribution is 2.31. The highest BCUT2D eigenvalue weighted by atomic mass is 35.5. The average molecular weight is 318 g/mol. The maximum Gasteiger partial charge on any atom is 0.249 e. The lowest BCUT2D eigenvalue weighted by molar-refractivity contribution is -0.130. The highest BCUT2D eigenvalue weighted by Gasteiger charge is 2.29. The van der Waals surface area contributed by atoms with Gasteiger partial charge in [0.05, 0.1) is 0 Å². The molecule has 6 nitrogen and oxygen atoms in total. The van der Waals surface area contributed by atoms with Gasteiger partial charge in [-0.25, -0.2) is 9.97 Å². The largest absolute Gasteiger partial charge is 0.382 e. The number of nitrogens with zero attached hydrogens (tertiary/aromatic N) is 3. The summed E-state index contributed by atoms with van der Waals surface area (Å²) < 4.78 is 0. The molecule has 1 unspecified atom stereocenters. The molecular weight excluding hydrogens is 302 g/mol. The summed E-state index contributed by atoms with van der Waals surface area (Å²) in [7, 11) is 1.79. The molecule has 0 bridgehead atoms. The SMILES string of the molecule is CN1CCc2ccccc2C(Nc2ncnc(N)c2Cl)C1=O. The van der Waals surface area contributed by atoms with Gasteiger partial charge in [-0.3, -0.25) is 4.79 Å². The fourth-order valence-corrected chi connectivity index (χ4v) is 2.71. The molecule has 1 aromatic heterocycles. The van der Waals surface area contributed by atoms with Gasteiger partial charge < -0.3 is 16.0 Å². The Balaban J connectivity index is 2.03. The highest BCUT2D eigenvalue weighted by molar-refractivity contribution is 6.35. The second kappa shape index (κ2) is 5.81. The van der Waals surface area contributed by atoms with Crippen molar-refractivity contribution in [2.24, 2.45) is 0 Å². The zero-order valence-electron chi connectivity index (χ0n) is 12.1. The zero-order valence-corrected chi connectivity index (χ0v) is 12.8. The van der Waals surface area contributed by atoms with Crippen LogP contribution in [-0.2, 0) is 11.2 Å². The van der Waals surface area contributed by atoms with Crippen molar-refractivity contribution in [3.8, 4) is 0 Å². The van der Waals surface area contributed by atoms with Gasteiger partial charge in [0.25, 0.3) is 0 Å². The predicted molar refractivity (Wildman–Crippen MR) is 85.6 cm³/mol. The third kappa shape index (κ3) is 2.57. The maximum atomic E-state index is 12.7. The number of benzene rings is 1. The number of aromatic nitrogens is 2. The van der Waals surface area contributed by atoms with Crippen molar-refractivity contribution in [3.05, 3.63) is 46.7 Å². The summed E-state index contributed by atoms with van der Waals surface area (Å²) in [5.41, 5.74) is 7.77. The number of hydrogen-bond acceptors (Lipinski definition) is 5. The normalized spacial score (nSPS) is 17.8. The Bertz CT molecular complexity index is 721. The molecule has 2 heterocycles. The minimum Gasteiger partial charge on any atom is -0.382 e. The number of nitrogen functional groups attached to an aromatic ring is 1. The Labute approximate surface area is 133 Å². The number of hydrogen-bond donors (Lipinski definition) is 2. The third-order valence-electron chi connectivity index (χ3n) is 3.80. The molecule has 0 radical (unpaired) electrons. The summed E-state index contributed by atoms with van der Waals surface area (Å²) in [4.78, 5) is 22.3. The molecule has 0 saturated carbocycles. The number of halogens is 1. The zero-order chi connectivity index (χ0) is 15.7. The fraction of sp³-hybridized carbons (Fsp3) is 0.267. The van der Waals surface area contributed by atoms with Crippen LogP contribution in [-0.4, -0.2) is 34.4 Å². The van der Waals surface area contributed by atoms with Crippen LogP contribution in [0.25, 0.3) is 0 Å². The first-order valence-corrected chi connectivity index (χ1v) is 7.31. The van der Waals surface area contributed by atoms with E-state index in [-0.39, 0.29) is 16.7 Å². The molecule has 1 amide bonds. The lowest BCUT2D eigenvalue weighted by Crippen LogP contribution is -2.34. The Morgan fingerprint density at radius 3 is 2.95 bits per heavy atom. The number of anilines is 2. The fourth-order valence-electron chi connectivity index (χ4n) is 2.56. The van der Waals surface area contributed by atoms with E-state index in [9.17, 15) is 4.79 Å². The van der Waals surface area contributed by atoms with Gasteiger partial charge in [-0.05, 0) is 17.5 Å². The van der Waals surface area contributed by atoms with Crippen LogP contribution < -0.4 is 11.1 Å². The molecule has 0 fully saturated rings. The van der Waals surface area contributed by atoms with E-state index in [1.807, 2.05) is 24.3 Å². The first kappa shape index (κ1) is 14.6. The quantitative estimate of drug-likeness (QED) is 0.883. The molecule has 3 N–H and O–H groups in total. The third-order valence-corrected chi connectivity index (χ3v) is 4.18. The van der Waals surface area contributed by atoms with E-state index < -0.39 is 6.04 Å². The van der Waals surface area contributed by atoms with Gasteiger partial charge in [-0.2, -0.15) is 0 Å². The van der Waals surface area contributed by atoms with Crippen molar-refractivity contribution in [2.75, 3.05) is 24.6 Å². The van der Waals surface area contributed by atoms with Crippen molar-refractivity contribution in [1.82, 2.24) is 14.9 Å². The number of amides is 1. The first-order chi connectivity index (χ1) is 10.6. The maximum absolute atomic E-state index is 12.7. The van der Waals surface area contributed by atoms with Gasteiger partial charge in [0, 0.05) is 13.6 Å². The number of nitrogens with two attached hydrogens (primary N) is 1. The standard InChI is InChI=1S/C15H16ClN5O/c1-21-7-6-9-4-2-3-5-10(9)12(15(21)22)20-14-11(16)13(17)18-8-19-14/h2-5,8,12H,6-7H2,1H3,(H3,17,18,19,20). The molecule has 0 spiro atoms. The van der Waals surface area contributed by atoms with E-state index >= 15 is 0 Å². The van der Waals surface area contributed by atoms with Crippen LogP contribution in [0.1, 0.15) is 17.2 Å². The molecule has 3 rings (SSSR count). The van der Waals surface area contributed by atoms with Crippen molar-refractivity contribution >= 4 is 29.1 Å². The second-order valence-electron chi connectivity index (χ2n) is 5.21. The lowest BCUT2D eigenvalue weighted by Gasteiger charge is -2.23. The molecule has 0 saturated heterocycles. The summed E-state index contributed by atoms with van der Waals surface area (Å²) in [6, 6.07) is 7.33. The van der Waals surface area contributed by atoms with Gasteiger partial charge in [-0.1, -0.05) is 35.9 Å². The van der Waals surface area contributed by atoms with E-state index in [1.54, 1.807) is 11.9 Å². The van der Waals surface area contributed by atoms with Crippen LogP contribution in [0.3, 0.4) is 0 Å². The molecule has 7 heteroatoms. The Hall–Kier alpha value is -2.34. The minimum absolute atomic E-state index is 0.0294. The summed E-state index contributed by atoms with van der Waals surface area (Å²) in [6.07, 6.45) is 2.14. The molecule has 1 atom stereocenters. The average Bonchev–Trinajstić information content (AvgIpc) is 2.64. The van der Waals surface area contributed by atoms with Gasteiger partial charge in [0.2, 0.25) is 5.91 Å². The van der Waals surface area contributed by atoms with Crippen molar-refractivity contribution in [3.63, 3.8) is 0 Å². The van der Waals surface area contributed by atoms with Crippen LogP contribution in [0.2, 0.25) is 5.02 Å². The van der Waals surface area contributed by atoms with Crippen LogP contribution in [0.4, 0.5) is 11.6 Å². The van der Waals surface area contributed by atoms with Crippen LogP contribution in [0.15, 0.2) is 30.6 Å². The van der Waals surface area contributed by atoms with Crippen molar-refractivity contribution in [2.45, 2.75) is 12.5 Å². The van der Waals surface area contributed by atoms with Crippen molar-refractivity contribution < 1.29 is 4.79 Å². The summed E-state index contributed by atoms with van der Waals surface area (Å²) in [5.74, 6) is 0.512. The molecule has 114 valence electrons. The Kier molecular flexibility index (Phi) is 3.85. The molecule has 22 heavy (non-hydrogen) atoms. The smallest absolute Gasteiger partial charge is 0.249 e. The van der Waals surface area contributed by atoms with E-state index in [2.05, 4.69) is 15.3 Å². The van der Waals surface area contributed by atoms with E-state index in [0.29, 0.717) is 12.4 Å². The number of fused-ring (bicyclic) bond motifs is 1. The second-order valence-corrected chi connectivity index (χ2v) is 5.59. The van der Waals surface area contributed by atoms with Crippen LogP contribution in [0, 0.1) is 0 Å². The number of carbonyl (C=O) groups is 1. The van der Waals surface area contributed by atoms with Crippen molar-refractivity contribution in [1.29, 1.82) is 0 Å². The van der Waals surface area contributed by atoms with Gasteiger partial charge >= 0.3 is 0 Å². The van der Waals surface area contributed by atoms with E-state index in [4.69, 9.17) is 17.3 Å². The molecule has 2 aromatic rings. The Morgan fingerprint density at radius 2 is 2.14 bits per heavy atom. The monoisotopic (exact) mass is 317 g/mol. The topological polar surface area (TPSA) is 84.1 Å². The van der Waals surface area contributed by atoms with E-state index in [1.165, 1.54) is 6.33 Å². The molecule has 1 aromatic carbocycles. The summed E-state index contributed by atoms with van der Waals surface area (Å²) in [6.45, 7) is 0.674. The summed E-state index contributed by atoms with van der Waals surface area (Å²) in [5, 5.41) is 3.33. The number of rotatable bonds is 2. The molecule has 0 aliphatic carbocycles. The van der Waals surface area contributed by atoms with Crippen LogP contribution >= 0.6 is 11.6 Å². The number of likely N-dealkylation sites (N-methyl/N-ethyl adjacent to an activating group) is 1. The van der Waals surface area contributed by atoms with Gasteiger partial charge in [-0.15, -0.1) is 0 Å². The number of nitrogens with one attached hydrogen (secondary N) is 1. The first-order valence-electron chi connectivity index (χ1n) is 6.93. The van der Waals surface area contributed by atoms with Crippen LogP contribution in [0.5, 0.6) is 0 Å². The minimum atomic E-state index is -0.546. The molecule has 1 aliphatic heterocycles. The van der Waals surface area contributed by atoms with Gasteiger partial charge in [0.15, 0.2) is 5.82 Å². The molecular formula is C15H16ClN5O. The van der Waals surface area contributed by atoms with Gasteiger partial charge in [0.1, 0.15) is 23.2 Å². The summed E-state index contributed by atoms with van der Waals surface area (Å²) >= 11 is 6.13. The number of carbonyl (C=O) groups excluding carboxylic acids is 1. The Morgan fingerprint density at radius 1 is 1.36 bits per heavy atom.